The lowest BCUT2D eigenvalue weighted by molar-refractivity contribution is -0.118. The number of benzene rings is 1. The number of nitrogens with one attached hydrogen (secondary N) is 1. The molecule has 0 radical (unpaired) electrons. The van der Waals surface area contributed by atoms with Gasteiger partial charge in [0.25, 0.3) is 0 Å². The number of anilines is 1. The van der Waals surface area contributed by atoms with Crippen LogP contribution in [0.5, 0.6) is 0 Å². The number of halogens is 2. The van der Waals surface area contributed by atoms with Crippen LogP contribution in [-0.2, 0) is 4.79 Å². The van der Waals surface area contributed by atoms with E-state index in [1.807, 2.05) is 0 Å². The summed E-state index contributed by atoms with van der Waals surface area (Å²) >= 11 is 4.07. The smallest absolute Gasteiger partial charge is 0.233 e. The van der Waals surface area contributed by atoms with E-state index in [9.17, 15) is 13.6 Å². The minimum Gasteiger partial charge on any atom is -0.326 e. The molecular weight excluding hydrogens is 220 g/mol. The van der Waals surface area contributed by atoms with Crippen molar-refractivity contribution in [2.45, 2.75) is 17.2 Å². The van der Waals surface area contributed by atoms with Crippen LogP contribution < -0.4 is 5.32 Å². The lowest BCUT2D eigenvalue weighted by Crippen LogP contribution is -2.15. The molecule has 0 heterocycles. The Hall–Kier alpha value is -1.10. The first kappa shape index (κ1) is 10.4. The van der Waals surface area contributed by atoms with Crippen LogP contribution in [0.2, 0.25) is 0 Å². The number of hydrogen-bond acceptors (Lipinski definition) is 2. The third-order valence-electron chi connectivity index (χ3n) is 2.29. The van der Waals surface area contributed by atoms with Crippen molar-refractivity contribution in [3.8, 4) is 0 Å². The van der Waals surface area contributed by atoms with Crippen LogP contribution >= 0.6 is 12.6 Å². The van der Waals surface area contributed by atoms with E-state index in [4.69, 9.17) is 0 Å². The Kier molecular flexibility index (Phi) is 2.65. The maximum atomic E-state index is 12.5. The number of carbonyl (C=O) groups excluding carboxylic acids is 1. The molecule has 2 nitrogen and oxygen atoms in total. The summed E-state index contributed by atoms with van der Waals surface area (Å²) in [6.07, 6.45) is -3.29. The van der Waals surface area contributed by atoms with Crippen LogP contribution in [0.4, 0.5) is 14.5 Å². The van der Waals surface area contributed by atoms with E-state index in [0.717, 1.165) is 4.90 Å². The average Bonchev–Trinajstić information content (AvgIpc) is 2.79. The number of thiol groups is 1. The molecule has 1 saturated carbocycles. The summed E-state index contributed by atoms with van der Waals surface area (Å²) in [5.41, 5.74) is 0.518. The van der Waals surface area contributed by atoms with Crippen molar-refractivity contribution in [2.24, 2.45) is 5.92 Å². The Balaban J connectivity index is 1.98. The topological polar surface area (TPSA) is 29.1 Å². The summed E-state index contributed by atoms with van der Waals surface area (Å²) in [5, 5.41) is 2.44. The molecular formula is C10H9F2NOS. The molecule has 0 bridgehead atoms. The first-order chi connectivity index (χ1) is 7.09. The van der Waals surface area contributed by atoms with Gasteiger partial charge in [0.15, 0.2) is 0 Å². The van der Waals surface area contributed by atoms with Gasteiger partial charge in [0, 0.05) is 10.6 Å². The summed E-state index contributed by atoms with van der Waals surface area (Å²) in [7, 11) is 0. The molecule has 1 aliphatic carbocycles. The molecule has 1 aromatic rings. The van der Waals surface area contributed by atoms with Crippen molar-refractivity contribution in [1.82, 2.24) is 0 Å². The largest absolute Gasteiger partial charge is 0.326 e. The zero-order valence-electron chi connectivity index (χ0n) is 7.65. The Morgan fingerprint density at radius 3 is 2.20 bits per heavy atom. The second-order valence-corrected chi connectivity index (χ2v) is 3.97. The van der Waals surface area contributed by atoms with Crippen LogP contribution in [-0.4, -0.2) is 18.3 Å². The number of hydrogen-bond donors (Lipinski definition) is 2. The quantitative estimate of drug-likeness (QED) is 0.748. The fourth-order valence-electron chi connectivity index (χ4n) is 1.30. The fourth-order valence-corrected chi connectivity index (χ4v) is 1.45. The minimum absolute atomic E-state index is 0.518. The van der Waals surface area contributed by atoms with Gasteiger partial charge in [-0.15, -0.1) is 12.6 Å². The summed E-state index contributed by atoms with van der Waals surface area (Å²) in [4.78, 5) is 12.0. The molecule has 1 aliphatic rings. The van der Waals surface area contributed by atoms with Gasteiger partial charge >= 0.3 is 0 Å². The Bertz CT molecular complexity index is 374. The maximum absolute atomic E-state index is 12.5. The molecule has 5 heteroatoms. The van der Waals surface area contributed by atoms with Gasteiger partial charge in [-0.3, -0.25) is 4.79 Å². The van der Waals surface area contributed by atoms with E-state index in [0.29, 0.717) is 5.69 Å². The van der Waals surface area contributed by atoms with Gasteiger partial charge in [0.05, 0.1) is 0 Å². The van der Waals surface area contributed by atoms with E-state index in [1.165, 1.54) is 0 Å². The standard InChI is InChI=1S/C10H9F2NOS/c11-8-7(9(8)12)10(14)13-5-1-3-6(15)4-2-5/h1-4,7-9,15H,(H,13,14). The van der Waals surface area contributed by atoms with Gasteiger partial charge in [-0.05, 0) is 24.3 Å². The third-order valence-corrected chi connectivity index (χ3v) is 2.59. The molecule has 1 amide bonds. The summed E-state index contributed by atoms with van der Waals surface area (Å²) in [6.45, 7) is 0. The normalized spacial score (nSPS) is 28.6. The number of amides is 1. The predicted molar refractivity (Wildman–Crippen MR) is 55.6 cm³/mol. The lowest BCUT2D eigenvalue weighted by Gasteiger charge is -2.03. The molecule has 1 N–H and O–H groups in total. The second kappa shape index (κ2) is 3.81. The van der Waals surface area contributed by atoms with E-state index in [1.54, 1.807) is 24.3 Å². The summed E-state index contributed by atoms with van der Waals surface area (Å²) in [6, 6.07) is 6.63. The van der Waals surface area contributed by atoms with Crippen molar-refractivity contribution in [1.29, 1.82) is 0 Å². The van der Waals surface area contributed by atoms with E-state index in [2.05, 4.69) is 17.9 Å². The second-order valence-electron chi connectivity index (χ2n) is 3.45. The highest BCUT2D eigenvalue weighted by molar-refractivity contribution is 7.80. The first-order valence-corrected chi connectivity index (χ1v) is 4.92. The molecule has 1 aromatic carbocycles. The van der Waals surface area contributed by atoms with Gasteiger partial charge in [0.1, 0.15) is 18.3 Å². The first-order valence-electron chi connectivity index (χ1n) is 4.47. The highest BCUT2D eigenvalue weighted by Crippen LogP contribution is 2.38. The van der Waals surface area contributed by atoms with E-state index >= 15 is 0 Å². The number of carbonyl (C=O) groups is 1. The van der Waals surface area contributed by atoms with Crippen LogP contribution in [0.15, 0.2) is 29.2 Å². The Morgan fingerprint density at radius 2 is 1.73 bits per heavy atom. The Morgan fingerprint density at radius 1 is 1.20 bits per heavy atom. The third kappa shape index (κ3) is 2.12. The Labute approximate surface area is 91.1 Å². The van der Waals surface area contributed by atoms with Gasteiger partial charge < -0.3 is 5.32 Å². The molecule has 0 aromatic heterocycles. The van der Waals surface area contributed by atoms with Crippen LogP contribution in [0.25, 0.3) is 0 Å². The summed E-state index contributed by atoms with van der Waals surface area (Å²) < 4.78 is 25.1. The van der Waals surface area contributed by atoms with Crippen molar-refractivity contribution in [3.05, 3.63) is 24.3 Å². The molecule has 0 saturated heterocycles. The lowest BCUT2D eigenvalue weighted by atomic mass is 10.3. The molecule has 15 heavy (non-hydrogen) atoms. The van der Waals surface area contributed by atoms with Crippen molar-refractivity contribution in [2.75, 3.05) is 5.32 Å². The molecule has 0 aliphatic heterocycles. The molecule has 2 rings (SSSR count). The number of rotatable bonds is 2. The molecule has 80 valence electrons. The van der Waals surface area contributed by atoms with Crippen molar-refractivity contribution >= 4 is 24.2 Å². The van der Waals surface area contributed by atoms with E-state index in [-0.39, 0.29) is 0 Å². The zero-order valence-corrected chi connectivity index (χ0v) is 8.55. The molecule has 1 fully saturated rings. The van der Waals surface area contributed by atoms with Crippen LogP contribution in [0.1, 0.15) is 0 Å². The highest BCUT2D eigenvalue weighted by atomic mass is 32.1. The highest BCUT2D eigenvalue weighted by Gasteiger charge is 2.57. The van der Waals surface area contributed by atoms with Gasteiger partial charge in [-0.2, -0.15) is 0 Å². The summed E-state index contributed by atoms with van der Waals surface area (Å²) in [5.74, 6) is -1.75. The fraction of sp³-hybridized carbons (Fsp3) is 0.300. The van der Waals surface area contributed by atoms with Gasteiger partial charge in [-0.25, -0.2) is 8.78 Å². The molecule has 2 atom stereocenters. The van der Waals surface area contributed by atoms with Crippen LogP contribution in [0, 0.1) is 5.92 Å². The SMILES string of the molecule is O=C(Nc1ccc(S)cc1)C1C(F)C1F. The van der Waals surface area contributed by atoms with Crippen molar-refractivity contribution < 1.29 is 13.6 Å². The van der Waals surface area contributed by atoms with E-state index < -0.39 is 24.2 Å². The van der Waals surface area contributed by atoms with Gasteiger partial charge in [-0.1, -0.05) is 0 Å². The van der Waals surface area contributed by atoms with Crippen molar-refractivity contribution in [3.63, 3.8) is 0 Å². The minimum atomic E-state index is -1.64. The number of alkyl halides is 2. The maximum Gasteiger partial charge on any atom is 0.233 e. The zero-order chi connectivity index (χ0) is 11.0. The van der Waals surface area contributed by atoms with Gasteiger partial charge in [0.2, 0.25) is 5.91 Å². The molecule has 2 unspecified atom stereocenters. The predicted octanol–water partition coefficient (Wildman–Crippen LogP) is 2.22. The average molecular weight is 229 g/mol. The monoisotopic (exact) mass is 229 g/mol. The molecule has 0 spiro atoms. The van der Waals surface area contributed by atoms with Crippen LogP contribution in [0.3, 0.4) is 0 Å².